The Bertz CT molecular complexity index is 467. The van der Waals surface area contributed by atoms with Crippen molar-refractivity contribution < 1.29 is 29.1 Å². The maximum absolute atomic E-state index is 11.5. The molecular weight excluding hydrogens is 312 g/mol. The van der Waals surface area contributed by atoms with Crippen LogP contribution in [0.1, 0.15) is 13.8 Å². The van der Waals surface area contributed by atoms with Crippen molar-refractivity contribution in [3.05, 3.63) is 12.2 Å². The van der Waals surface area contributed by atoms with E-state index in [4.69, 9.17) is 8.06 Å². The van der Waals surface area contributed by atoms with E-state index in [-0.39, 0.29) is 0 Å². The lowest BCUT2D eigenvalue weighted by molar-refractivity contribution is 0.233. The van der Waals surface area contributed by atoms with Crippen LogP contribution in [0, 0.1) is 0 Å². The first-order valence-corrected chi connectivity index (χ1v) is 11.4. The molecule has 0 saturated carbocycles. The minimum Gasteiger partial charge on any atom is -0.294 e. The van der Waals surface area contributed by atoms with E-state index < -0.39 is 41.9 Å². The Labute approximate surface area is 117 Å². The topological polar surface area (TPSA) is 96.0 Å². The largest absolute Gasteiger partial charge is 0.390 e. The summed E-state index contributed by atoms with van der Waals surface area (Å²) in [6.07, 6.45) is 1.30. The smallest absolute Gasteiger partial charge is 0.294 e. The standard InChI is InChI=1S/C9H20O7S2Si/c1-8(14-17(10)11)6-7-9(2)15-18(12,13)16-19(3,4)5/h6-9,17H,1-5H3/b7-6+. The highest BCUT2D eigenvalue weighted by Crippen LogP contribution is 2.12. The number of hydrogen-bond donors (Lipinski definition) is 1. The first kappa shape index (κ1) is 18.7. The molecule has 7 nitrogen and oxygen atoms in total. The van der Waals surface area contributed by atoms with Gasteiger partial charge in [0, 0.05) is 0 Å². The molecule has 0 saturated heterocycles. The molecule has 0 amide bonds. The zero-order valence-electron chi connectivity index (χ0n) is 11.5. The summed E-state index contributed by atoms with van der Waals surface area (Å²) >= 11 is 0. The third kappa shape index (κ3) is 11.3. The van der Waals surface area contributed by atoms with Crippen LogP contribution in [0.15, 0.2) is 12.2 Å². The number of thiol groups is 1. The lowest BCUT2D eigenvalue weighted by atomic mass is 10.3. The first-order valence-electron chi connectivity index (χ1n) is 5.54. The normalized spacial score (nSPS) is 16.9. The molecule has 0 heterocycles. The van der Waals surface area contributed by atoms with Crippen LogP contribution in [0.2, 0.25) is 19.6 Å². The molecule has 0 rings (SSSR count). The minimum atomic E-state index is -4.06. The number of hydrogen-bond acceptors (Lipinski definition) is 7. The van der Waals surface area contributed by atoms with Gasteiger partial charge in [0.1, 0.15) is 0 Å². The molecule has 0 aromatic rings. The number of rotatable bonds is 8. The summed E-state index contributed by atoms with van der Waals surface area (Å²) in [5.74, 6) is 0. The Hall–Kier alpha value is -0.263. The summed E-state index contributed by atoms with van der Waals surface area (Å²) in [5, 5.41) is 0. The SMILES string of the molecule is CC(/C=C/C(C)OS(=O)(=O)O[Si](C)(C)C)O[SH](=O)=O. The van der Waals surface area contributed by atoms with Crippen LogP contribution >= 0.6 is 0 Å². The van der Waals surface area contributed by atoms with Gasteiger partial charge < -0.3 is 0 Å². The Balaban J connectivity index is 4.46. The van der Waals surface area contributed by atoms with Gasteiger partial charge in [0.25, 0.3) is 11.0 Å². The van der Waals surface area contributed by atoms with Gasteiger partial charge in [-0.25, -0.2) is 12.6 Å². The van der Waals surface area contributed by atoms with Gasteiger partial charge in [0.05, 0.1) is 12.2 Å². The predicted molar refractivity (Wildman–Crippen MR) is 73.9 cm³/mol. The minimum absolute atomic E-state index is 0.687. The molecule has 2 unspecified atom stereocenters. The van der Waals surface area contributed by atoms with E-state index in [1.807, 2.05) is 0 Å². The molecular formula is C9H20O7S2Si. The van der Waals surface area contributed by atoms with Gasteiger partial charge in [-0.05, 0) is 33.5 Å². The Morgan fingerprint density at radius 2 is 1.53 bits per heavy atom. The van der Waals surface area contributed by atoms with Crippen LogP contribution in [0.25, 0.3) is 0 Å². The summed E-state index contributed by atoms with van der Waals surface area (Å²) in [4.78, 5) is 0. The van der Waals surface area contributed by atoms with Crippen molar-refractivity contribution in [3.63, 3.8) is 0 Å². The van der Waals surface area contributed by atoms with Gasteiger partial charge in [-0.3, -0.25) is 8.06 Å². The van der Waals surface area contributed by atoms with Crippen LogP contribution < -0.4 is 0 Å². The fraction of sp³-hybridized carbons (Fsp3) is 0.778. The molecule has 10 heteroatoms. The quantitative estimate of drug-likeness (QED) is 0.402. The monoisotopic (exact) mass is 332 g/mol. The van der Waals surface area contributed by atoms with Crippen molar-refractivity contribution in [3.8, 4) is 0 Å². The van der Waals surface area contributed by atoms with E-state index in [1.165, 1.54) is 26.0 Å². The van der Waals surface area contributed by atoms with Crippen molar-refractivity contribution in [2.75, 3.05) is 0 Å². The van der Waals surface area contributed by atoms with Gasteiger partial charge in [-0.2, -0.15) is 8.42 Å². The summed E-state index contributed by atoms with van der Waals surface area (Å²) in [7, 11) is -9.27. The molecule has 0 aliphatic carbocycles. The van der Waals surface area contributed by atoms with E-state index in [0.29, 0.717) is 0 Å². The van der Waals surface area contributed by atoms with Gasteiger partial charge in [0.15, 0.2) is 0 Å². The van der Waals surface area contributed by atoms with Crippen LogP contribution in [-0.2, 0) is 33.6 Å². The van der Waals surface area contributed by atoms with Gasteiger partial charge in [0.2, 0.25) is 8.32 Å². The summed E-state index contributed by atoms with van der Waals surface area (Å²) in [5.41, 5.74) is 0. The van der Waals surface area contributed by atoms with Crippen LogP contribution in [0.3, 0.4) is 0 Å². The van der Waals surface area contributed by atoms with Gasteiger partial charge in [-0.1, -0.05) is 12.2 Å². The summed E-state index contributed by atoms with van der Waals surface area (Å²) < 4.78 is 57.7. The van der Waals surface area contributed by atoms with E-state index in [0.717, 1.165) is 0 Å². The molecule has 0 radical (unpaired) electrons. The summed E-state index contributed by atoms with van der Waals surface area (Å²) in [6, 6.07) is 0. The maximum atomic E-state index is 11.5. The van der Waals surface area contributed by atoms with Crippen molar-refractivity contribution >= 4 is 29.7 Å². The van der Waals surface area contributed by atoms with E-state index >= 15 is 0 Å². The second-order valence-corrected chi connectivity index (χ2v) is 11.4. The lowest BCUT2D eigenvalue weighted by Gasteiger charge is -2.17. The van der Waals surface area contributed by atoms with Gasteiger partial charge >= 0.3 is 10.4 Å². The third-order valence-electron chi connectivity index (χ3n) is 1.53. The van der Waals surface area contributed by atoms with Gasteiger partial charge in [-0.15, -0.1) is 0 Å². The second kappa shape index (κ2) is 7.50. The average Bonchev–Trinajstić information content (AvgIpc) is 2.08. The molecule has 19 heavy (non-hydrogen) atoms. The van der Waals surface area contributed by atoms with Crippen molar-refractivity contribution in [1.29, 1.82) is 0 Å². The predicted octanol–water partition coefficient (Wildman–Crippen LogP) is 0.976. The van der Waals surface area contributed by atoms with Crippen LogP contribution in [0.4, 0.5) is 0 Å². The van der Waals surface area contributed by atoms with Crippen molar-refractivity contribution in [1.82, 2.24) is 0 Å². The van der Waals surface area contributed by atoms with Crippen LogP contribution in [0.5, 0.6) is 0 Å². The fourth-order valence-corrected chi connectivity index (χ4v) is 4.41. The van der Waals surface area contributed by atoms with Crippen molar-refractivity contribution in [2.45, 2.75) is 45.7 Å². The molecule has 0 bridgehead atoms. The third-order valence-corrected chi connectivity index (χ3v) is 5.39. The molecule has 0 aliphatic rings. The zero-order chi connectivity index (χ0) is 15.3. The molecule has 0 N–H and O–H groups in total. The molecule has 114 valence electrons. The fourth-order valence-electron chi connectivity index (χ4n) is 1.03. The Kier molecular flexibility index (Phi) is 7.40. The summed E-state index contributed by atoms with van der Waals surface area (Å²) in [6.45, 7) is 8.15. The maximum Gasteiger partial charge on any atom is 0.390 e. The first-order chi connectivity index (χ1) is 8.41. The van der Waals surface area contributed by atoms with Crippen molar-refractivity contribution in [2.24, 2.45) is 0 Å². The highest BCUT2D eigenvalue weighted by molar-refractivity contribution is 7.83. The van der Waals surface area contributed by atoms with E-state index in [9.17, 15) is 16.8 Å². The zero-order valence-corrected chi connectivity index (χ0v) is 14.2. The average molecular weight is 332 g/mol. The van der Waals surface area contributed by atoms with Crippen LogP contribution in [-0.4, -0.2) is 37.4 Å². The Morgan fingerprint density at radius 1 is 1.05 bits per heavy atom. The highest BCUT2D eigenvalue weighted by Gasteiger charge is 2.26. The molecule has 0 spiro atoms. The lowest BCUT2D eigenvalue weighted by Crippen LogP contribution is -2.31. The molecule has 0 aromatic carbocycles. The molecule has 0 aliphatic heterocycles. The molecule has 2 atom stereocenters. The molecule has 0 aromatic heterocycles. The van der Waals surface area contributed by atoms with E-state index in [2.05, 4.69) is 4.18 Å². The Morgan fingerprint density at radius 3 is 1.95 bits per heavy atom. The highest BCUT2D eigenvalue weighted by atomic mass is 32.3. The molecule has 0 fully saturated rings. The second-order valence-electron chi connectivity index (χ2n) is 4.82. The van der Waals surface area contributed by atoms with E-state index in [1.54, 1.807) is 19.6 Å².